The maximum absolute atomic E-state index is 16.5. The maximum atomic E-state index is 16.5. The lowest BCUT2D eigenvalue weighted by atomic mass is 9.95. The molecule has 2 bridgehead atoms. The van der Waals surface area contributed by atoms with E-state index in [0.29, 0.717) is 41.1 Å². The zero-order valence-corrected chi connectivity index (χ0v) is 22.8. The van der Waals surface area contributed by atoms with E-state index in [1.54, 1.807) is 0 Å². The Labute approximate surface area is 233 Å². The van der Waals surface area contributed by atoms with Gasteiger partial charge in [0, 0.05) is 42.5 Å². The number of nitrogens with two attached hydrogens (primary N) is 1. The Bertz CT molecular complexity index is 1620. The van der Waals surface area contributed by atoms with E-state index >= 15 is 4.39 Å². The summed E-state index contributed by atoms with van der Waals surface area (Å²) >= 11 is 1.04. The molecule has 9 nitrogen and oxygen atoms in total. The van der Waals surface area contributed by atoms with E-state index < -0.39 is 11.6 Å². The van der Waals surface area contributed by atoms with Crippen LogP contribution in [0.5, 0.6) is 6.01 Å². The number of nitrogens with one attached hydrogen (secondary N) is 1. The number of rotatable bonds is 5. The zero-order valence-electron chi connectivity index (χ0n) is 22.0. The second-order valence-electron chi connectivity index (χ2n) is 11.6. The number of anilines is 2. The topological polar surface area (TPSA) is 105 Å². The van der Waals surface area contributed by atoms with Gasteiger partial charge in [0.2, 0.25) is 0 Å². The molecule has 0 aliphatic carbocycles. The standard InChI is InChI=1S/C28H30F2N8OS/c29-19-6-5-17(21-24(19)40-26(31)34-21)18-11-32-23-22(20(18)30)35-27(39-14-28-7-1-9-38(28)10-2-8-28)36-25(23)37-12-15-3-4-16(13-37)33-15/h5-6,11,15-16,33H,1-4,7-10,12-14H2,(H2,31,34). The summed E-state index contributed by atoms with van der Waals surface area (Å²) in [5.41, 5.74) is 7.31. The van der Waals surface area contributed by atoms with Gasteiger partial charge < -0.3 is 20.7 Å². The Morgan fingerprint density at radius 3 is 2.55 bits per heavy atom. The molecular weight excluding hydrogens is 534 g/mol. The highest BCUT2D eigenvalue weighted by Gasteiger charge is 2.45. The first-order valence-electron chi connectivity index (χ1n) is 14.1. The van der Waals surface area contributed by atoms with Gasteiger partial charge in [-0.3, -0.25) is 4.90 Å². The fourth-order valence-electron chi connectivity index (χ4n) is 7.32. The highest BCUT2D eigenvalue weighted by molar-refractivity contribution is 7.22. The molecule has 12 heteroatoms. The SMILES string of the molecule is Nc1nc2c(-c3cnc4c(N5CC6CCC(C5)N6)nc(OCC56CCCN5CCC6)nc4c3F)ccc(F)c2s1. The lowest BCUT2D eigenvalue weighted by Crippen LogP contribution is -2.51. The molecule has 3 N–H and O–H groups in total. The third kappa shape index (κ3) is 3.83. The third-order valence-corrected chi connectivity index (χ3v) is 10.1. The predicted molar refractivity (Wildman–Crippen MR) is 151 cm³/mol. The number of benzene rings is 1. The van der Waals surface area contributed by atoms with Crippen LogP contribution in [-0.4, -0.2) is 75.2 Å². The molecule has 4 aliphatic heterocycles. The molecular formula is C28H30F2N8OS. The number of hydrogen-bond acceptors (Lipinski definition) is 10. The van der Waals surface area contributed by atoms with Crippen molar-refractivity contribution >= 4 is 43.5 Å². The molecule has 0 saturated carbocycles. The van der Waals surface area contributed by atoms with Gasteiger partial charge >= 0.3 is 6.01 Å². The summed E-state index contributed by atoms with van der Waals surface area (Å²) < 4.78 is 37.6. The number of ether oxygens (including phenoxy) is 1. The minimum atomic E-state index is -0.558. The van der Waals surface area contributed by atoms with Gasteiger partial charge in [0.1, 0.15) is 23.5 Å². The Kier molecular flexibility index (Phi) is 5.62. The van der Waals surface area contributed by atoms with Crippen LogP contribution in [0, 0.1) is 11.6 Å². The van der Waals surface area contributed by atoms with E-state index in [9.17, 15) is 4.39 Å². The second kappa shape index (κ2) is 9.15. The number of nitrogens with zero attached hydrogens (tertiary/aromatic N) is 6. The number of hydrogen-bond donors (Lipinski definition) is 2. The molecule has 7 heterocycles. The molecule has 1 aromatic carbocycles. The molecule has 8 rings (SSSR count). The molecule has 0 spiro atoms. The number of nitrogen functional groups attached to an aromatic ring is 1. The monoisotopic (exact) mass is 564 g/mol. The summed E-state index contributed by atoms with van der Waals surface area (Å²) in [5.74, 6) is -0.404. The van der Waals surface area contributed by atoms with Gasteiger partial charge in [0.25, 0.3) is 0 Å². The first kappa shape index (κ1) is 24.6. The smallest absolute Gasteiger partial charge is 0.319 e. The third-order valence-electron chi connectivity index (χ3n) is 9.21. The van der Waals surface area contributed by atoms with E-state index in [0.717, 1.165) is 76.0 Å². The number of piperazine rings is 1. The number of thiazole rings is 1. The predicted octanol–water partition coefficient (Wildman–Crippen LogP) is 4.11. The van der Waals surface area contributed by atoms with Crippen molar-refractivity contribution in [3.05, 3.63) is 30.0 Å². The molecule has 4 fully saturated rings. The highest BCUT2D eigenvalue weighted by atomic mass is 32.1. The minimum Gasteiger partial charge on any atom is -0.461 e. The van der Waals surface area contributed by atoms with Crippen LogP contribution in [-0.2, 0) is 0 Å². The van der Waals surface area contributed by atoms with Crippen molar-refractivity contribution < 1.29 is 13.5 Å². The van der Waals surface area contributed by atoms with Crippen molar-refractivity contribution in [1.82, 2.24) is 30.2 Å². The van der Waals surface area contributed by atoms with Gasteiger partial charge in [0.05, 0.1) is 15.8 Å². The summed E-state index contributed by atoms with van der Waals surface area (Å²) in [6.45, 7) is 4.19. The molecule has 4 saturated heterocycles. The van der Waals surface area contributed by atoms with Crippen LogP contribution >= 0.6 is 11.3 Å². The van der Waals surface area contributed by atoms with Crippen molar-refractivity contribution in [1.29, 1.82) is 0 Å². The molecule has 2 atom stereocenters. The number of pyridine rings is 1. The fourth-order valence-corrected chi connectivity index (χ4v) is 8.08. The normalized spacial score (nSPS) is 23.9. The molecule has 208 valence electrons. The first-order valence-corrected chi connectivity index (χ1v) is 14.9. The Morgan fingerprint density at radius 2 is 1.77 bits per heavy atom. The maximum Gasteiger partial charge on any atom is 0.319 e. The van der Waals surface area contributed by atoms with Crippen LogP contribution in [0.2, 0.25) is 0 Å². The van der Waals surface area contributed by atoms with Crippen LogP contribution in [0.3, 0.4) is 0 Å². The average Bonchev–Trinajstić information content (AvgIpc) is 3.71. The van der Waals surface area contributed by atoms with Gasteiger partial charge in [-0.25, -0.2) is 18.7 Å². The molecule has 40 heavy (non-hydrogen) atoms. The Balaban J connectivity index is 1.25. The molecule has 2 unspecified atom stereocenters. The van der Waals surface area contributed by atoms with Crippen molar-refractivity contribution in [2.75, 3.05) is 43.4 Å². The van der Waals surface area contributed by atoms with Gasteiger partial charge in [-0.15, -0.1) is 0 Å². The van der Waals surface area contributed by atoms with Crippen molar-refractivity contribution in [2.45, 2.75) is 56.1 Å². The van der Waals surface area contributed by atoms with Crippen LogP contribution in [0.1, 0.15) is 38.5 Å². The Morgan fingerprint density at radius 1 is 1.00 bits per heavy atom. The molecule has 0 radical (unpaired) electrons. The van der Waals surface area contributed by atoms with Gasteiger partial charge in [-0.1, -0.05) is 11.3 Å². The van der Waals surface area contributed by atoms with Crippen LogP contribution < -0.4 is 20.7 Å². The lowest BCUT2D eigenvalue weighted by molar-refractivity contribution is 0.108. The molecule has 0 amide bonds. The van der Waals surface area contributed by atoms with E-state index in [1.807, 2.05) is 0 Å². The highest BCUT2D eigenvalue weighted by Crippen LogP contribution is 2.41. The minimum absolute atomic E-state index is 0.00947. The average molecular weight is 565 g/mol. The van der Waals surface area contributed by atoms with Crippen molar-refractivity contribution in [3.8, 4) is 17.1 Å². The van der Waals surface area contributed by atoms with E-state index in [4.69, 9.17) is 20.4 Å². The summed E-state index contributed by atoms with van der Waals surface area (Å²) in [6, 6.07) is 3.73. The second-order valence-corrected chi connectivity index (χ2v) is 12.6. The van der Waals surface area contributed by atoms with Gasteiger partial charge in [-0.05, 0) is 63.7 Å². The van der Waals surface area contributed by atoms with Crippen molar-refractivity contribution in [2.24, 2.45) is 0 Å². The van der Waals surface area contributed by atoms with Gasteiger partial charge in [-0.2, -0.15) is 9.97 Å². The van der Waals surface area contributed by atoms with Crippen LogP contribution in [0.4, 0.5) is 19.7 Å². The summed E-state index contributed by atoms with van der Waals surface area (Å²) in [4.78, 5) is 23.1. The fraction of sp³-hybridized carbons (Fsp3) is 0.500. The van der Waals surface area contributed by atoms with Crippen molar-refractivity contribution in [3.63, 3.8) is 0 Å². The molecule has 4 aromatic rings. The summed E-state index contributed by atoms with van der Waals surface area (Å²) in [5, 5.41) is 3.86. The number of fused-ring (bicyclic) bond motifs is 5. The summed E-state index contributed by atoms with van der Waals surface area (Å²) in [6.07, 6.45) is 8.18. The molecule has 3 aromatic heterocycles. The largest absolute Gasteiger partial charge is 0.461 e. The first-order chi connectivity index (χ1) is 19.5. The van der Waals surface area contributed by atoms with E-state index in [2.05, 4.69) is 25.1 Å². The van der Waals surface area contributed by atoms with E-state index in [-0.39, 0.29) is 32.5 Å². The van der Waals surface area contributed by atoms with Crippen LogP contribution in [0.15, 0.2) is 18.3 Å². The zero-order chi connectivity index (χ0) is 27.0. The van der Waals surface area contributed by atoms with Crippen LogP contribution in [0.25, 0.3) is 32.4 Å². The molecule has 4 aliphatic rings. The number of halogens is 2. The summed E-state index contributed by atoms with van der Waals surface area (Å²) in [7, 11) is 0. The van der Waals surface area contributed by atoms with E-state index in [1.165, 1.54) is 18.3 Å². The van der Waals surface area contributed by atoms with Gasteiger partial charge in [0.15, 0.2) is 16.8 Å². The Hall–Kier alpha value is -3.22. The quantitative estimate of drug-likeness (QED) is 0.371. The number of aromatic nitrogens is 4. The lowest BCUT2D eigenvalue weighted by Gasteiger charge is -2.34.